The summed E-state index contributed by atoms with van der Waals surface area (Å²) in [5.41, 5.74) is 6.34. The number of nitrogens with two attached hydrogens (primary N) is 1. The van der Waals surface area contributed by atoms with Gasteiger partial charge in [0, 0.05) is 13.1 Å². The first-order chi connectivity index (χ1) is 8.13. The van der Waals surface area contributed by atoms with Crippen LogP contribution in [0.25, 0.3) is 0 Å². The second-order valence-corrected chi connectivity index (χ2v) is 4.88. The molecule has 0 aliphatic heterocycles. The number of nitrogen functional groups attached to an aromatic ring is 1. The van der Waals surface area contributed by atoms with Gasteiger partial charge in [0.25, 0.3) is 0 Å². The Morgan fingerprint density at radius 1 is 1.41 bits per heavy atom. The second kappa shape index (κ2) is 6.49. The van der Waals surface area contributed by atoms with Crippen molar-refractivity contribution in [2.75, 3.05) is 30.8 Å². The molecular formula is C12H20N2O2S. The first kappa shape index (κ1) is 13.8. The molecule has 0 saturated carbocycles. The summed E-state index contributed by atoms with van der Waals surface area (Å²) in [6.07, 6.45) is 2.15. The zero-order valence-electron chi connectivity index (χ0n) is 10.7. The average Bonchev–Trinajstić information content (AvgIpc) is 2.70. The molecule has 0 aliphatic carbocycles. The van der Waals surface area contributed by atoms with Crippen LogP contribution in [0.2, 0.25) is 0 Å². The number of nitrogens with zero attached hydrogens (tertiary/aromatic N) is 1. The van der Waals surface area contributed by atoms with Gasteiger partial charge in [0.2, 0.25) is 0 Å². The molecule has 0 bridgehead atoms. The van der Waals surface area contributed by atoms with Gasteiger partial charge in [-0.1, -0.05) is 13.8 Å². The molecule has 0 unspecified atom stereocenters. The number of carbonyl (C=O) groups is 1. The molecule has 2 N–H and O–H groups in total. The number of methoxy groups -OCH3 is 1. The molecule has 1 rings (SSSR count). The molecule has 17 heavy (non-hydrogen) atoms. The van der Waals surface area contributed by atoms with E-state index >= 15 is 0 Å². The maximum Gasteiger partial charge on any atom is 0.350 e. The van der Waals surface area contributed by atoms with Crippen LogP contribution in [-0.2, 0) is 4.74 Å². The lowest BCUT2D eigenvalue weighted by Gasteiger charge is -2.21. The topological polar surface area (TPSA) is 55.6 Å². The van der Waals surface area contributed by atoms with Crippen molar-refractivity contribution in [3.63, 3.8) is 0 Å². The van der Waals surface area contributed by atoms with Gasteiger partial charge in [-0.25, -0.2) is 4.79 Å². The number of thiophene rings is 1. The van der Waals surface area contributed by atoms with Crippen molar-refractivity contribution in [3.05, 3.63) is 10.9 Å². The van der Waals surface area contributed by atoms with Gasteiger partial charge in [0.05, 0.1) is 17.8 Å². The average molecular weight is 256 g/mol. The summed E-state index contributed by atoms with van der Waals surface area (Å²) in [5.74, 6) is -0.355. The zero-order chi connectivity index (χ0) is 12.8. The third-order valence-corrected chi connectivity index (χ3v) is 3.61. The number of ether oxygens (including phenoxy) is 1. The Balaban J connectivity index is 2.93. The summed E-state index contributed by atoms with van der Waals surface area (Å²) in [4.78, 5) is 14.2. The van der Waals surface area contributed by atoms with E-state index in [1.54, 1.807) is 0 Å². The summed E-state index contributed by atoms with van der Waals surface area (Å²) in [6.45, 7) is 6.24. The van der Waals surface area contributed by atoms with E-state index in [-0.39, 0.29) is 5.97 Å². The third kappa shape index (κ3) is 3.36. The van der Waals surface area contributed by atoms with E-state index in [0.29, 0.717) is 10.6 Å². The molecular weight excluding hydrogens is 236 g/mol. The summed E-state index contributed by atoms with van der Waals surface area (Å²) >= 11 is 1.41. The summed E-state index contributed by atoms with van der Waals surface area (Å²) < 4.78 is 4.70. The summed E-state index contributed by atoms with van der Waals surface area (Å²) in [5, 5.41) is 1.05. The number of hydrogen-bond acceptors (Lipinski definition) is 5. The first-order valence-electron chi connectivity index (χ1n) is 5.86. The largest absolute Gasteiger partial charge is 0.465 e. The molecule has 0 atom stereocenters. The molecule has 96 valence electrons. The molecule has 0 aromatic carbocycles. The van der Waals surface area contributed by atoms with Crippen molar-refractivity contribution in [2.24, 2.45) is 0 Å². The monoisotopic (exact) mass is 256 g/mol. The zero-order valence-corrected chi connectivity index (χ0v) is 11.5. The maximum absolute atomic E-state index is 11.5. The molecule has 0 aliphatic rings. The Morgan fingerprint density at radius 3 is 2.47 bits per heavy atom. The van der Waals surface area contributed by atoms with E-state index in [1.165, 1.54) is 18.4 Å². The summed E-state index contributed by atoms with van der Waals surface area (Å²) in [7, 11) is 1.37. The van der Waals surface area contributed by atoms with Crippen LogP contribution in [0.3, 0.4) is 0 Å². The highest BCUT2D eigenvalue weighted by Gasteiger charge is 2.17. The van der Waals surface area contributed by atoms with Crippen LogP contribution in [0.4, 0.5) is 10.7 Å². The number of hydrogen-bond donors (Lipinski definition) is 1. The van der Waals surface area contributed by atoms with Crippen LogP contribution in [-0.4, -0.2) is 26.2 Å². The fourth-order valence-corrected chi connectivity index (χ4v) is 2.72. The third-order valence-electron chi connectivity index (χ3n) is 2.42. The minimum atomic E-state index is -0.355. The van der Waals surface area contributed by atoms with Crippen LogP contribution in [0.15, 0.2) is 6.07 Å². The van der Waals surface area contributed by atoms with E-state index in [0.717, 1.165) is 30.9 Å². The van der Waals surface area contributed by atoms with Gasteiger partial charge in [-0.3, -0.25) is 0 Å². The maximum atomic E-state index is 11.5. The molecule has 4 nitrogen and oxygen atoms in total. The van der Waals surface area contributed by atoms with Gasteiger partial charge in [-0.05, 0) is 18.9 Å². The quantitative estimate of drug-likeness (QED) is 0.795. The molecule has 5 heteroatoms. The molecule has 1 aromatic rings. The number of esters is 1. The Hall–Kier alpha value is -1.23. The highest BCUT2D eigenvalue weighted by Crippen LogP contribution is 2.32. The Morgan fingerprint density at radius 2 is 2.00 bits per heavy atom. The van der Waals surface area contributed by atoms with Crippen LogP contribution in [0.1, 0.15) is 36.4 Å². The molecule has 0 amide bonds. The van der Waals surface area contributed by atoms with Gasteiger partial charge in [0.15, 0.2) is 0 Å². The fourth-order valence-electron chi connectivity index (χ4n) is 1.67. The molecule has 1 aromatic heterocycles. The lowest BCUT2D eigenvalue weighted by molar-refractivity contribution is 0.0607. The van der Waals surface area contributed by atoms with Crippen molar-refractivity contribution in [1.29, 1.82) is 0 Å². The van der Waals surface area contributed by atoms with Crippen LogP contribution in [0.5, 0.6) is 0 Å². The van der Waals surface area contributed by atoms with Gasteiger partial charge in [-0.15, -0.1) is 11.3 Å². The van der Waals surface area contributed by atoms with E-state index in [1.807, 2.05) is 6.07 Å². The van der Waals surface area contributed by atoms with E-state index in [9.17, 15) is 4.79 Å². The van der Waals surface area contributed by atoms with Crippen LogP contribution < -0.4 is 10.6 Å². The lowest BCUT2D eigenvalue weighted by Crippen LogP contribution is -2.23. The molecule has 0 saturated heterocycles. The highest BCUT2D eigenvalue weighted by molar-refractivity contribution is 7.18. The number of carbonyl (C=O) groups excluding carboxylic acids is 1. The van der Waals surface area contributed by atoms with Gasteiger partial charge in [-0.2, -0.15) is 0 Å². The normalized spacial score (nSPS) is 10.3. The van der Waals surface area contributed by atoms with Crippen LogP contribution in [0, 0.1) is 0 Å². The minimum Gasteiger partial charge on any atom is -0.465 e. The van der Waals surface area contributed by atoms with E-state index < -0.39 is 0 Å². The van der Waals surface area contributed by atoms with Crippen molar-refractivity contribution in [2.45, 2.75) is 26.7 Å². The van der Waals surface area contributed by atoms with Crippen molar-refractivity contribution in [1.82, 2.24) is 0 Å². The fraction of sp³-hybridized carbons (Fsp3) is 0.583. The van der Waals surface area contributed by atoms with Gasteiger partial charge >= 0.3 is 5.97 Å². The highest BCUT2D eigenvalue weighted by atomic mass is 32.1. The lowest BCUT2D eigenvalue weighted by atomic mass is 10.3. The van der Waals surface area contributed by atoms with Crippen molar-refractivity contribution < 1.29 is 9.53 Å². The predicted molar refractivity (Wildman–Crippen MR) is 72.9 cm³/mol. The Bertz CT molecular complexity index is 371. The molecule has 0 radical (unpaired) electrons. The van der Waals surface area contributed by atoms with Crippen LogP contribution >= 0.6 is 11.3 Å². The predicted octanol–water partition coefficient (Wildman–Crippen LogP) is 2.74. The standard InChI is InChI=1S/C12H20N2O2S/c1-4-6-14(7-5-2)10-8-9(13)11(17-10)12(15)16-3/h8H,4-7,13H2,1-3H3. The van der Waals surface area contributed by atoms with Crippen molar-refractivity contribution >= 4 is 28.0 Å². The Labute approximate surface area is 106 Å². The van der Waals surface area contributed by atoms with E-state index in [4.69, 9.17) is 10.5 Å². The minimum absolute atomic E-state index is 0.355. The summed E-state index contributed by atoms with van der Waals surface area (Å²) in [6, 6.07) is 1.86. The van der Waals surface area contributed by atoms with E-state index in [2.05, 4.69) is 18.7 Å². The Kier molecular flexibility index (Phi) is 5.28. The smallest absolute Gasteiger partial charge is 0.350 e. The van der Waals surface area contributed by atoms with Crippen molar-refractivity contribution in [3.8, 4) is 0 Å². The van der Waals surface area contributed by atoms with Gasteiger partial charge in [0.1, 0.15) is 4.88 Å². The number of rotatable bonds is 6. The molecule has 0 fully saturated rings. The van der Waals surface area contributed by atoms with Gasteiger partial charge < -0.3 is 15.4 Å². The second-order valence-electron chi connectivity index (χ2n) is 3.85. The SMILES string of the molecule is CCCN(CCC)c1cc(N)c(C(=O)OC)s1. The first-order valence-corrected chi connectivity index (χ1v) is 6.68. The molecule has 0 spiro atoms. The number of anilines is 2. The molecule has 1 heterocycles.